The van der Waals surface area contributed by atoms with Crippen LogP contribution in [0.2, 0.25) is 0 Å². The van der Waals surface area contributed by atoms with Gasteiger partial charge in [-0.05, 0) is 0 Å². The Bertz CT molecular complexity index is 475. The van der Waals surface area contributed by atoms with E-state index < -0.39 is 0 Å². The Kier molecular flexibility index (Phi) is 6.95. The van der Waals surface area contributed by atoms with Crippen LogP contribution in [-0.4, -0.2) is 39.9 Å². The zero-order valence-electron chi connectivity index (χ0n) is 11.3. The summed E-state index contributed by atoms with van der Waals surface area (Å²) in [5.41, 5.74) is 0. The van der Waals surface area contributed by atoms with Crippen LogP contribution in [0.15, 0.2) is 40.9 Å². The Morgan fingerprint density at radius 2 is 2.05 bits per heavy atom. The van der Waals surface area contributed by atoms with E-state index in [-0.39, 0.29) is 20.9 Å². The van der Waals surface area contributed by atoms with Crippen molar-refractivity contribution in [3.8, 4) is 6.07 Å². The summed E-state index contributed by atoms with van der Waals surface area (Å²) in [5.74, 6) is 0.0183. The quantitative estimate of drug-likeness (QED) is 0.455. The van der Waals surface area contributed by atoms with Gasteiger partial charge in [-0.1, -0.05) is 0 Å². The predicted molar refractivity (Wildman–Crippen MR) is 78.1 cm³/mol. The van der Waals surface area contributed by atoms with Gasteiger partial charge in [-0.3, -0.25) is 0 Å². The van der Waals surface area contributed by atoms with Gasteiger partial charge in [0.1, 0.15) is 0 Å². The summed E-state index contributed by atoms with van der Waals surface area (Å²) in [4.78, 5) is 13.3. The first-order valence-corrected chi connectivity index (χ1v) is 7.86. The fraction of sp³-hybridized carbons (Fsp3) is 0.333. The Hall–Kier alpha value is -1.56. The number of hydrogen-bond donors (Lipinski definition) is 0. The van der Waals surface area contributed by atoms with Crippen molar-refractivity contribution in [2.24, 2.45) is 0 Å². The summed E-state index contributed by atoms with van der Waals surface area (Å²) in [6.07, 6.45) is 3.91. The molecular formula is C15H18N2OSe. The fourth-order valence-electron chi connectivity index (χ4n) is 1.40. The van der Waals surface area contributed by atoms with E-state index in [1.54, 1.807) is 25.1 Å². The molecule has 0 fully saturated rings. The summed E-state index contributed by atoms with van der Waals surface area (Å²) >= 11 is 0.155. The molecule has 1 aromatic carbocycles. The molecule has 19 heavy (non-hydrogen) atoms. The van der Waals surface area contributed by atoms with Gasteiger partial charge in [0.25, 0.3) is 0 Å². The topological polar surface area (TPSA) is 44.1 Å². The van der Waals surface area contributed by atoms with Crippen molar-refractivity contribution in [3.05, 3.63) is 40.9 Å². The predicted octanol–water partition coefficient (Wildman–Crippen LogP) is 1.68. The minimum atomic E-state index is 0.0183. The number of allylic oxidation sites excluding steroid dienone is 1. The molecule has 0 spiro atoms. The number of benzene rings is 1. The molecule has 0 saturated heterocycles. The van der Waals surface area contributed by atoms with Crippen molar-refractivity contribution in [2.75, 3.05) is 14.1 Å². The molecule has 0 radical (unpaired) electrons. The van der Waals surface area contributed by atoms with E-state index in [0.29, 0.717) is 6.42 Å². The summed E-state index contributed by atoms with van der Waals surface area (Å²) in [7, 11) is 3.50. The normalized spacial score (nSPS) is 10.9. The maximum atomic E-state index is 11.8. The molecular weight excluding hydrogens is 303 g/mol. The monoisotopic (exact) mass is 322 g/mol. The van der Waals surface area contributed by atoms with Gasteiger partial charge in [0.05, 0.1) is 0 Å². The third-order valence-corrected chi connectivity index (χ3v) is 4.72. The first-order chi connectivity index (χ1) is 9.13. The Morgan fingerprint density at radius 3 is 2.63 bits per heavy atom. The van der Waals surface area contributed by atoms with Gasteiger partial charge in [-0.25, -0.2) is 0 Å². The second-order valence-corrected chi connectivity index (χ2v) is 6.79. The first-order valence-electron chi connectivity index (χ1n) is 6.15. The number of rotatable bonds is 6. The van der Waals surface area contributed by atoms with Crippen LogP contribution in [0.25, 0.3) is 0 Å². The second-order valence-electron chi connectivity index (χ2n) is 4.27. The van der Waals surface area contributed by atoms with Gasteiger partial charge >= 0.3 is 121 Å². The molecule has 0 aliphatic carbocycles. The molecule has 0 N–H and O–H groups in total. The van der Waals surface area contributed by atoms with Crippen LogP contribution in [0, 0.1) is 11.3 Å². The molecule has 3 nitrogen and oxygen atoms in total. The van der Waals surface area contributed by atoms with Crippen LogP contribution < -0.4 is 4.46 Å². The molecule has 0 bridgehead atoms. The molecule has 0 aliphatic heterocycles. The molecule has 0 saturated carbocycles. The zero-order valence-corrected chi connectivity index (χ0v) is 13.0. The standard InChI is InChI=1S/C15H18N2OSe/c1-17(2)15(18)12-14(10-6-7-11-16)19-13-8-4-3-5-9-13/h3-5,8-9,12H,6-7,10H2,1-2H3/b14-12-. The molecule has 1 aromatic rings. The van der Waals surface area contributed by atoms with Crippen molar-refractivity contribution < 1.29 is 4.79 Å². The summed E-state index contributed by atoms with van der Waals surface area (Å²) in [6, 6.07) is 12.3. The van der Waals surface area contributed by atoms with Crippen LogP contribution in [0.5, 0.6) is 0 Å². The average Bonchev–Trinajstić information content (AvgIpc) is 2.40. The van der Waals surface area contributed by atoms with E-state index in [9.17, 15) is 4.79 Å². The van der Waals surface area contributed by atoms with Gasteiger partial charge in [0.15, 0.2) is 0 Å². The van der Waals surface area contributed by atoms with Crippen LogP contribution in [0.1, 0.15) is 19.3 Å². The number of carbonyl (C=O) groups excluding carboxylic acids is 1. The van der Waals surface area contributed by atoms with E-state index >= 15 is 0 Å². The third kappa shape index (κ3) is 6.24. The minimum absolute atomic E-state index is 0.0183. The first kappa shape index (κ1) is 15.5. The molecule has 0 aromatic heterocycles. The summed E-state index contributed by atoms with van der Waals surface area (Å²) < 4.78 is 2.40. The van der Waals surface area contributed by atoms with Crippen molar-refractivity contribution in [3.63, 3.8) is 0 Å². The van der Waals surface area contributed by atoms with Crippen LogP contribution in [-0.2, 0) is 4.79 Å². The molecule has 0 heterocycles. The van der Waals surface area contributed by atoms with Crippen LogP contribution in [0.3, 0.4) is 0 Å². The van der Waals surface area contributed by atoms with E-state index in [0.717, 1.165) is 17.3 Å². The molecule has 1 rings (SSSR count). The molecule has 100 valence electrons. The molecule has 0 unspecified atom stereocenters. The number of hydrogen-bond acceptors (Lipinski definition) is 2. The Balaban J connectivity index is 2.75. The number of unbranched alkanes of at least 4 members (excludes halogenated alkanes) is 1. The molecule has 0 atom stereocenters. The van der Waals surface area contributed by atoms with E-state index in [1.807, 2.05) is 18.2 Å². The fourth-order valence-corrected chi connectivity index (χ4v) is 3.50. The van der Waals surface area contributed by atoms with Gasteiger partial charge in [-0.2, -0.15) is 0 Å². The second kappa shape index (κ2) is 8.53. The van der Waals surface area contributed by atoms with E-state index in [4.69, 9.17) is 5.26 Å². The molecule has 4 heteroatoms. The summed E-state index contributed by atoms with van der Waals surface area (Å²) in [5, 5.41) is 8.60. The van der Waals surface area contributed by atoms with Crippen LogP contribution >= 0.6 is 0 Å². The van der Waals surface area contributed by atoms with Gasteiger partial charge in [0.2, 0.25) is 0 Å². The van der Waals surface area contributed by atoms with Crippen molar-refractivity contribution in [2.45, 2.75) is 19.3 Å². The van der Waals surface area contributed by atoms with Gasteiger partial charge in [-0.15, -0.1) is 0 Å². The number of nitriles is 1. The third-order valence-electron chi connectivity index (χ3n) is 2.43. The molecule has 1 amide bonds. The zero-order chi connectivity index (χ0) is 14.1. The Morgan fingerprint density at radius 1 is 1.37 bits per heavy atom. The number of amides is 1. The summed E-state index contributed by atoms with van der Waals surface area (Å²) in [6.45, 7) is 0. The van der Waals surface area contributed by atoms with Gasteiger partial charge < -0.3 is 0 Å². The SMILES string of the molecule is CN(C)C(=O)/C=C(/CCCC#N)[Se]c1ccccc1. The van der Waals surface area contributed by atoms with Crippen LogP contribution in [0.4, 0.5) is 0 Å². The van der Waals surface area contributed by atoms with Gasteiger partial charge in [0, 0.05) is 0 Å². The number of nitrogens with zero attached hydrogens (tertiary/aromatic N) is 2. The van der Waals surface area contributed by atoms with Crippen molar-refractivity contribution >= 4 is 25.3 Å². The van der Waals surface area contributed by atoms with Crippen molar-refractivity contribution in [1.82, 2.24) is 4.90 Å². The molecule has 0 aliphatic rings. The average molecular weight is 321 g/mol. The number of carbonyl (C=O) groups is 1. The Labute approximate surface area is 121 Å². The van der Waals surface area contributed by atoms with E-state index in [1.165, 1.54) is 4.46 Å². The number of likely N-dealkylation sites (N-methyl/N-ethyl adjacent to an activating group) is 1. The van der Waals surface area contributed by atoms with Crippen molar-refractivity contribution in [1.29, 1.82) is 5.26 Å². The maximum absolute atomic E-state index is 11.8. The van der Waals surface area contributed by atoms with E-state index in [2.05, 4.69) is 18.2 Å².